The Kier molecular flexibility index (Phi) is 5.50. The summed E-state index contributed by atoms with van der Waals surface area (Å²) in [5.74, 6) is 0.359. The van der Waals surface area contributed by atoms with Gasteiger partial charge in [0, 0.05) is 31.6 Å². The second-order valence-electron chi connectivity index (χ2n) is 7.79. The highest BCUT2D eigenvalue weighted by Crippen LogP contribution is 2.30. The van der Waals surface area contributed by atoms with Crippen LogP contribution in [0.4, 0.5) is 0 Å². The molecule has 1 saturated carbocycles. The number of hydrogen-bond donors (Lipinski definition) is 3. The van der Waals surface area contributed by atoms with Crippen LogP contribution in [-0.4, -0.2) is 43.8 Å². The lowest BCUT2D eigenvalue weighted by Gasteiger charge is -2.26. The molecule has 7 nitrogen and oxygen atoms in total. The molecule has 148 valence electrons. The maximum Gasteiger partial charge on any atom is 0.243 e. The summed E-state index contributed by atoms with van der Waals surface area (Å²) in [5.41, 5.74) is 7.30. The zero-order valence-electron chi connectivity index (χ0n) is 15.5. The highest BCUT2D eigenvalue weighted by Gasteiger charge is 2.40. The summed E-state index contributed by atoms with van der Waals surface area (Å²) in [7, 11) is -3.39. The molecule has 3 unspecified atom stereocenters. The standard InChI is InChI=1S/C19H28N4O3S/c24-19(18-16-5-1-2-6-17(16)21-22-18)20-13-14-7-9-15(10-8-14)27(25,26)23-11-3-4-12-23/h7-10,16-18,21-22H,1-6,11-13H2,(H,20,24). The lowest BCUT2D eigenvalue weighted by atomic mass is 9.81. The summed E-state index contributed by atoms with van der Waals surface area (Å²) in [4.78, 5) is 12.9. The molecule has 2 heterocycles. The van der Waals surface area contributed by atoms with Gasteiger partial charge in [-0.25, -0.2) is 13.8 Å². The number of sulfonamides is 1. The fourth-order valence-electron chi connectivity index (χ4n) is 4.46. The summed E-state index contributed by atoms with van der Waals surface area (Å²) in [5, 5.41) is 2.99. The molecular formula is C19H28N4O3S. The van der Waals surface area contributed by atoms with Crippen LogP contribution >= 0.6 is 0 Å². The first-order chi connectivity index (χ1) is 13.1. The van der Waals surface area contributed by atoms with E-state index in [2.05, 4.69) is 16.2 Å². The highest BCUT2D eigenvalue weighted by atomic mass is 32.2. The van der Waals surface area contributed by atoms with Crippen LogP contribution in [0, 0.1) is 5.92 Å². The van der Waals surface area contributed by atoms with E-state index in [0.717, 1.165) is 31.2 Å². The Bertz CT molecular complexity index is 775. The fraction of sp³-hybridized carbons (Fsp3) is 0.632. The molecular weight excluding hydrogens is 364 g/mol. The molecule has 1 aromatic rings. The quantitative estimate of drug-likeness (QED) is 0.699. The number of carbonyl (C=O) groups is 1. The predicted octanol–water partition coefficient (Wildman–Crippen LogP) is 1.12. The number of carbonyl (C=O) groups excluding carboxylic acids is 1. The molecule has 0 spiro atoms. The molecule has 1 amide bonds. The zero-order chi connectivity index (χ0) is 18.9. The van der Waals surface area contributed by atoms with Crippen molar-refractivity contribution in [2.24, 2.45) is 5.92 Å². The molecule has 2 aliphatic heterocycles. The molecule has 1 aromatic carbocycles. The molecule has 0 aromatic heterocycles. The van der Waals surface area contributed by atoms with Crippen molar-refractivity contribution in [3.8, 4) is 0 Å². The number of rotatable bonds is 5. The van der Waals surface area contributed by atoms with Gasteiger partial charge in [-0.15, -0.1) is 0 Å². The van der Waals surface area contributed by atoms with Crippen molar-refractivity contribution in [1.82, 2.24) is 20.5 Å². The monoisotopic (exact) mass is 392 g/mol. The summed E-state index contributed by atoms with van der Waals surface area (Å²) < 4.78 is 26.7. The van der Waals surface area contributed by atoms with E-state index in [1.807, 2.05) is 0 Å². The fourth-order valence-corrected chi connectivity index (χ4v) is 5.97. The van der Waals surface area contributed by atoms with Crippen molar-refractivity contribution in [1.29, 1.82) is 0 Å². The second kappa shape index (κ2) is 7.87. The van der Waals surface area contributed by atoms with Gasteiger partial charge in [0.25, 0.3) is 0 Å². The topological polar surface area (TPSA) is 90.5 Å². The van der Waals surface area contributed by atoms with Crippen LogP contribution in [0.25, 0.3) is 0 Å². The number of benzene rings is 1. The Balaban J connectivity index is 1.34. The predicted molar refractivity (Wildman–Crippen MR) is 102 cm³/mol. The average molecular weight is 393 g/mol. The summed E-state index contributed by atoms with van der Waals surface area (Å²) in [6.07, 6.45) is 6.45. The molecule has 4 rings (SSSR count). The van der Waals surface area contributed by atoms with Crippen LogP contribution in [-0.2, 0) is 21.4 Å². The molecule has 3 atom stereocenters. The van der Waals surface area contributed by atoms with Crippen LogP contribution in [0.1, 0.15) is 44.1 Å². The van der Waals surface area contributed by atoms with Crippen molar-refractivity contribution >= 4 is 15.9 Å². The van der Waals surface area contributed by atoms with E-state index in [1.165, 1.54) is 12.8 Å². The molecule has 1 aliphatic carbocycles. The minimum absolute atomic E-state index is 0.00525. The lowest BCUT2D eigenvalue weighted by molar-refractivity contribution is -0.124. The largest absolute Gasteiger partial charge is 0.351 e. The van der Waals surface area contributed by atoms with Gasteiger partial charge in [0.1, 0.15) is 6.04 Å². The number of amides is 1. The number of hydrogen-bond acceptors (Lipinski definition) is 5. The highest BCUT2D eigenvalue weighted by molar-refractivity contribution is 7.89. The minimum Gasteiger partial charge on any atom is -0.351 e. The Morgan fingerprint density at radius 2 is 1.74 bits per heavy atom. The number of nitrogens with one attached hydrogen (secondary N) is 3. The van der Waals surface area contributed by atoms with E-state index in [0.29, 0.717) is 36.5 Å². The van der Waals surface area contributed by atoms with Gasteiger partial charge in [-0.2, -0.15) is 4.31 Å². The van der Waals surface area contributed by atoms with Gasteiger partial charge in [-0.05, 0) is 43.4 Å². The van der Waals surface area contributed by atoms with Crippen molar-refractivity contribution in [3.63, 3.8) is 0 Å². The van der Waals surface area contributed by atoms with E-state index in [4.69, 9.17) is 0 Å². The first-order valence-corrected chi connectivity index (χ1v) is 11.4. The third-order valence-corrected chi connectivity index (χ3v) is 7.96. The van der Waals surface area contributed by atoms with Crippen LogP contribution in [0.2, 0.25) is 0 Å². The molecule has 3 N–H and O–H groups in total. The third-order valence-electron chi connectivity index (χ3n) is 6.05. The van der Waals surface area contributed by atoms with Crippen LogP contribution < -0.4 is 16.2 Å². The van der Waals surface area contributed by atoms with Gasteiger partial charge >= 0.3 is 0 Å². The van der Waals surface area contributed by atoms with Crippen molar-refractivity contribution in [2.45, 2.75) is 62.0 Å². The van der Waals surface area contributed by atoms with Crippen molar-refractivity contribution in [2.75, 3.05) is 13.1 Å². The smallest absolute Gasteiger partial charge is 0.243 e. The van der Waals surface area contributed by atoms with Crippen molar-refractivity contribution < 1.29 is 13.2 Å². The molecule has 0 bridgehead atoms. The first kappa shape index (κ1) is 18.9. The molecule has 3 aliphatic rings. The van der Waals surface area contributed by atoms with Crippen LogP contribution in [0.5, 0.6) is 0 Å². The molecule has 0 radical (unpaired) electrons. The number of hydrazine groups is 1. The third kappa shape index (κ3) is 3.89. The van der Waals surface area contributed by atoms with Crippen molar-refractivity contribution in [3.05, 3.63) is 29.8 Å². The minimum atomic E-state index is -3.39. The Morgan fingerprint density at radius 1 is 1.04 bits per heavy atom. The summed E-state index contributed by atoms with van der Waals surface area (Å²) >= 11 is 0. The zero-order valence-corrected chi connectivity index (χ0v) is 16.3. The molecule has 3 fully saturated rings. The molecule has 8 heteroatoms. The van der Waals surface area contributed by atoms with E-state index < -0.39 is 10.0 Å². The maximum atomic E-state index is 12.6. The normalized spacial score (nSPS) is 28.8. The summed E-state index contributed by atoms with van der Waals surface area (Å²) in [6, 6.07) is 7.05. The van der Waals surface area contributed by atoms with E-state index >= 15 is 0 Å². The van der Waals surface area contributed by atoms with Gasteiger partial charge in [0.15, 0.2) is 0 Å². The summed E-state index contributed by atoms with van der Waals surface area (Å²) in [6.45, 7) is 1.61. The Labute approximate surface area is 160 Å². The van der Waals surface area contributed by atoms with Gasteiger partial charge in [0.05, 0.1) is 4.90 Å². The van der Waals surface area contributed by atoms with Crippen LogP contribution in [0.15, 0.2) is 29.2 Å². The number of fused-ring (bicyclic) bond motifs is 1. The van der Waals surface area contributed by atoms with E-state index in [-0.39, 0.29) is 11.9 Å². The van der Waals surface area contributed by atoms with Gasteiger partial charge < -0.3 is 5.32 Å². The SMILES string of the molecule is O=C(NCc1ccc(S(=O)(=O)N2CCCC2)cc1)C1NNC2CCCCC21. The lowest BCUT2D eigenvalue weighted by Crippen LogP contribution is -2.45. The van der Waals surface area contributed by atoms with Gasteiger partial charge in [0.2, 0.25) is 15.9 Å². The Hall–Kier alpha value is -1.48. The number of nitrogens with zero attached hydrogens (tertiary/aromatic N) is 1. The maximum absolute atomic E-state index is 12.6. The molecule has 27 heavy (non-hydrogen) atoms. The molecule has 2 saturated heterocycles. The van der Waals surface area contributed by atoms with Gasteiger partial charge in [-0.3, -0.25) is 10.2 Å². The van der Waals surface area contributed by atoms with E-state index in [9.17, 15) is 13.2 Å². The first-order valence-electron chi connectivity index (χ1n) is 9.93. The second-order valence-corrected chi connectivity index (χ2v) is 9.73. The van der Waals surface area contributed by atoms with E-state index in [1.54, 1.807) is 28.6 Å². The van der Waals surface area contributed by atoms with Gasteiger partial charge in [-0.1, -0.05) is 25.0 Å². The average Bonchev–Trinajstić information content (AvgIpc) is 3.36. The Morgan fingerprint density at radius 3 is 2.48 bits per heavy atom. The van der Waals surface area contributed by atoms with Crippen LogP contribution in [0.3, 0.4) is 0 Å².